The molecule has 0 spiro atoms. The van der Waals surface area contributed by atoms with Crippen LogP contribution < -0.4 is 5.73 Å². The van der Waals surface area contributed by atoms with E-state index in [-0.39, 0.29) is 11.8 Å². The normalized spacial score (nSPS) is 18.2. The minimum Gasteiger partial charge on any atom is -0.428 e. The molecule has 1 aliphatic heterocycles. The predicted molar refractivity (Wildman–Crippen MR) is 50.0 cm³/mol. The first kappa shape index (κ1) is 9.21. The maximum absolute atomic E-state index is 12.9. The first-order valence-electron chi connectivity index (χ1n) is 4.51. The number of halogens is 1. The maximum atomic E-state index is 12.9. The second-order valence-electron chi connectivity index (χ2n) is 3.32. The lowest BCUT2D eigenvalue weighted by Crippen LogP contribution is -2.28. The lowest BCUT2D eigenvalue weighted by molar-refractivity contribution is 0.240. The summed E-state index contributed by atoms with van der Waals surface area (Å²) in [7, 11) is 0. The van der Waals surface area contributed by atoms with Crippen molar-refractivity contribution in [3.05, 3.63) is 23.9 Å². The average Bonchev–Trinajstić information content (AvgIpc) is 2.51. The summed E-state index contributed by atoms with van der Waals surface area (Å²) >= 11 is 0. The smallest absolute Gasteiger partial charge is 0.292 e. The van der Waals surface area contributed by atoms with E-state index in [1.807, 2.05) is 4.90 Å². The van der Waals surface area contributed by atoms with E-state index < -0.39 is 0 Å². The Kier molecular flexibility index (Phi) is 2.49. The van der Waals surface area contributed by atoms with E-state index >= 15 is 0 Å². The van der Waals surface area contributed by atoms with Crippen LogP contribution in [-0.2, 0) is 6.54 Å². The lowest BCUT2D eigenvalue weighted by atomic mass is 10.2. The summed E-state index contributed by atoms with van der Waals surface area (Å²) < 4.78 is 18.0. The number of hydrogen-bond donors (Lipinski definition) is 1. The fourth-order valence-electron chi connectivity index (χ4n) is 1.51. The molecule has 0 saturated carbocycles. The van der Waals surface area contributed by atoms with Crippen molar-refractivity contribution in [1.29, 1.82) is 0 Å². The zero-order valence-corrected chi connectivity index (χ0v) is 7.74. The minimum atomic E-state index is -0.0799. The molecule has 2 heterocycles. The van der Waals surface area contributed by atoms with E-state index in [0.29, 0.717) is 18.8 Å². The molecule has 0 aliphatic carbocycles. The third-order valence-corrected chi connectivity index (χ3v) is 2.14. The Hall–Kier alpha value is -1.36. The van der Waals surface area contributed by atoms with E-state index in [4.69, 9.17) is 10.2 Å². The summed E-state index contributed by atoms with van der Waals surface area (Å²) in [5.74, 6) is 0.598. The number of aromatic nitrogens is 1. The first-order chi connectivity index (χ1) is 6.74. The van der Waals surface area contributed by atoms with Crippen LogP contribution in [0.25, 0.3) is 0 Å². The Morgan fingerprint density at radius 2 is 2.50 bits per heavy atom. The molecule has 2 rings (SSSR count). The third kappa shape index (κ3) is 2.11. The minimum absolute atomic E-state index is 0.0799. The van der Waals surface area contributed by atoms with E-state index in [1.165, 1.54) is 0 Å². The number of anilines is 1. The maximum Gasteiger partial charge on any atom is 0.292 e. The van der Waals surface area contributed by atoms with Gasteiger partial charge in [-0.15, -0.1) is 0 Å². The van der Waals surface area contributed by atoms with E-state index in [2.05, 4.69) is 4.98 Å². The molecule has 0 aromatic carbocycles. The highest BCUT2D eigenvalue weighted by Gasteiger charge is 2.14. The number of hydrogen-bond acceptors (Lipinski definition) is 4. The number of rotatable bonds is 2. The van der Waals surface area contributed by atoms with Crippen LogP contribution in [0, 0.1) is 0 Å². The van der Waals surface area contributed by atoms with Crippen LogP contribution in [0.15, 0.2) is 22.5 Å². The van der Waals surface area contributed by atoms with E-state index in [1.54, 1.807) is 12.3 Å². The lowest BCUT2D eigenvalue weighted by Gasteiger charge is -2.22. The van der Waals surface area contributed by atoms with Crippen molar-refractivity contribution < 1.29 is 8.81 Å². The topological polar surface area (TPSA) is 55.3 Å². The van der Waals surface area contributed by atoms with Crippen LogP contribution in [0.2, 0.25) is 0 Å². The molecular formula is C9H12FN3O. The SMILES string of the molecule is Nc1ncc(CN2CCC=C(F)C2)o1. The standard InChI is InChI=1S/C9H12FN3O/c10-7-2-1-3-13(5-7)6-8-4-12-9(11)14-8/h2,4H,1,3,5-6H2,(H2,11,12). The van der Waals surface area contributed by atoms with Gasteiger partial charge in [-0.1, -0.05) is 6.08 Å². The largest absolute Gasteiger partial charge is 0.428 e. The van der Waals surface area contributed by atoms with Gasteiger partial charge in [-0.05, 0) is 6.42 Å². The number of nitrogens with zero attached hydrogens (tertiary/aromatic N) is 2. The van der Waals surface area contributed by atoms with Crippen molar-refractivity contribution in [1.82, 2.24) is 9.88 Å². The molecule has 0 unspecified atom stereocenters. The van der Waals surface area contributed by atoms with Gasteiger partial charge < -0.3 is 10.2 Å². The van der Waals surface area contributed by atoms with Crippen molar-refractivity contribution >= 4 is 6.01 Å². The Labute approximate surface area is 81.2 Å². The third-order valence-electron chi connectivity index (χ3n) is 2.14. The Bertz CT molecular complexity index is 348. The zero-order chi connectivity index (χ0) is 9.97. The molecular weight excluding hydrogens is 185 g/mol. The molecule has 0 fully saturated rings. The molecule has 0 bridgehead atoms. The van der Waals surface area contributed by atoms with Crippen LogP contribution in [0.5, 0.6) is 0 Å². The van der Waals surface area contributed by atoms with Gasteiger partial charge in [-0.3, -0.25) is 4.90 Å². The molecule has 5 heteroatoms. The summed E-state index contributed by atoms with van der Waals surface area (Å²) in [5.41, 5.74) is 5.33. The van der Waals surface area contributed by atoms with Gasteiger partial charge in [0.25, 0.3) is 6.01 Å². The summed E-state index contributed by atoms with van der Waals surface area (Å²) in [4.78, 5) is 5.73. The van der Waals surface area contributed by atoms with E-state index in [9.17, 15) is 4.39 Å². The highest BCUT2D eigenvalue weighted by Crippen LogP contribution is 2.14. The summed E-state index contributed by atoms with van der Waals surface area (Å²) in [6.45, 7) is 1.75. The number of oxazole rings is 1. The highest BCUT2D eigenvalue weighted by molar-refractivity contribution is 5.11. The van der Waals surface area contributed by atoms with Crippen molar-refractivity contribution in [2.45, 2.75) is 13.0 Å². The quantitative estimate of drug-likeness (QED) is 0.776. The molecule has 0 amide bonds. The van der Waals surface area contributed by atoms with Crippen LogP contribution in [0.1, 0.15) is 12.2 Å². The van der Waals surface area contributed by atoms with Gasteiger partial charge in [-0.25, -0.2) is 9.37 Å². The number of nitrogen functional groups attached to an aromatic ring is 1. The molecule has 1 aliphatic rings. The van der Waals surface area contributed by atoms with Gasteiger partial charge >= 0.3 is 0 Å². The first-order valence-corrected chi connectivity index (χ1v) is 4.51. The fourth-order valence-corrected chi connectivity index (χ4v) is 1.51. The monoisotopic (exact) mass is 197 g/mol. The van der Waals surface area contributed by atoms with Crippen molar-refractivity contribution in [2.24, 2.45) is 0 Å². The summed E-state index contributed by atoms with van der Waals surface area (Å²) in [5, 5.41) is 0. The van der Waals surface area contributed by atoms with Crippen molar-refractivity contribution in [3.8, 4) is 0 Å². The molecule has 14 heavy (non-hydrogen) atoms. The molecule has 0 radical (unpaired) electrons. The van der Waals surface area contributed by atoms with Gasteiger partial charge in [0.05, 0.1) is 19.3 Å². The van der Waals surface area contributed by atoms with Crippen LogP contribution >= 0.6 is 0 Å². The van der Waals surface area contributed by atoms with Gasteiger partial charge in [0.2, 0.25) is 0 Å². The Morgan fingerprint density at radius 1 is 1.64 bits per heavy atom. The molecule has 76 valence electrons. The summed E-state index contributed by atoms with van der Waals surface area (Å²) in [6.07, 6.45) is 3.94. The van der Waals surface area contributed by atoms with Gasteiger partial charge in [0, 0.05) is 6.54 Å². The predicted octanol–water partition coefficient (Wildman–Crippen LogP) is 1.32. The average molecular weight is 197 g/mol. The van der Waals surface area contributed by atoms with Gasteiger partial charge in [-0.2, -0.15) is 0 Å². The van der Waals surface area contributed by atoms with E-state index in [0.717, 1.165) is 13.0 Å². The van der Waals surface area contributed by atoms with Crippen molar-refractivity contribution in [3.63, 3.8) is 0 Å². The molecule has 0 saturated heterocycles. The molecule has 0 atom stereocenters. The summed E-state index contributed by atoms with van der Waals surface area (Å²) in [6, 6.07) is 0.160. The zero-order valence-electron chi connectivity index (χ0n) is 7.74. The Morgan fingerprint density at radius 3 is 3.14 bits per heavy atom. The van der Waals surface area contributed by atoms with Gasteiger partial charge in [0.1, 0.15) is 11.6 Å². The molecule has 1 aromatic heterocycles. The Balaban J connectivity index is 1.95. The second kappa shape index (κ2) is 3.79. The molecule has 2 N–H and O–H groups in total. The number of nitrogens with two attached hydrogens (primary N) is 1. The second-order valence-corrected chi connectivity index (χ2v) is 3.32. The highest BCUT2D eigenvalue weighted by atomic mass is 19.1. The fraction of sp³-hybridized carbons (Fsp3) is 0.444. The molecule has 1 aromatic rings. The van der Waals surface area contributed by atoms with Crippen LogP contribution in [0.3, 0.4) is 0 Å². The van der Waals surface area contributed by atoms with Crippen LogP contribution in [-0.4, -0.2) is 23.0 Å². The van der Waals surface area contributed by atoms with Crippen molar-refractivity contribution in [2.75, 3.05) is 18.8 Å². The molecule has 4 nitrogen and oxygen atoms in total. The van der Waals surface area contributed by atoms with Gasteiger partial charge in [0.15, 0.2) is 0 Å². The van der Waals surface area contributed by atoms with Crippen LogP contribution in [0.4, 0.5) is 10.4 Å².